The van der Waals surface area contributed by atoms with Crippen molar-refractivity contribution >= 4 is 27.3 Å². The zero-order valence-corrected chi connectivity index (χ0v) is 10.4. The van der Waals surface area contributed by atoms with Crippen molar-refractivity contribution in [1.29, 1.82) is 0 Å². The molecule has 0 atom stereocenters. The van der Waals surface area contributed by atoms with Crippen LogP contribution in [0.25, 0.3) is 0 Å². The van der Waals surface area contributed by atoms with Crippen LogP contribution in [0.2, 0.25) is 5.02 Å². The average Bonchev–Trinajstić information content (AvgIpc) is 2.98. The highest BCUT2D eigenvalue weighted by Gasteiger charge is 2.35. The van der Waals surface area contributed by atoms with E-state index in [1.54, 1.807) is 13.1 Å². The third kappa shape index (κ3) is 2.03. The molecule has 1 aromatic rings. The molecule has 0 radical (unpaired) electrons. The van der Waals surface area contributed by atoms with E-state index in [1.807, 2.05) is 0 Å². The second kappa shape index (κ2) is 3.91. The van der Waals surface area contributed by atoms with Crippen LogP contribution in [0.4, 0.5) is 5.69 Å². The van der Waals surface area contributed by atoms with Gasteiger partial charge in [0.2, 0.25) is 10.0 Å². The van der Waals surface area contributed by atoms with Crippen molar-refractivity contribution in [3.05, 3.63) is 23.2 Å². The minimum Gasteiger partial charge on any atom is -0.399 e. The van der Waals surface area contributed by atoms with Crippen LogP contribution in [0.15, 0.2) is 23.1 Å². The molecule has 0 heterocycles. The maximum atomic E-state index is 12.1. The third-order valence-electron chi connectivity index (χ3n) is 2.67. The van der Waals surface area contributed by atoms with Crippen molar-refractivity contribution in [3.8, 4) is 0 Å². The smallest absolute Gasteiger partial charge is 0.244 e. The molecule has 1 fully saturated rings. The number of nitrogens with zero attached hydrogens (tertiary/aromatic N) is 1. The number of sulfonamides is 1. The Morgan fingerprint density at radius 1 is 1.44 bits per heavy atom. The number of benzene rings is 1. The first-order valence-corrected chi connectivity index (χ1v) is 6.78. The standard InChI is InChI=1S/C10H13ClN2O2S/c1-13(8-3-4-8)16(14,15)10-5-2-7(12)6-9(10)11/h2,5-6,8H,3-4,12H2,1H3. The number of hydrogen-bond donors (Lipinski definition) is 1. The molecule has 16 heavy (non-hydrogen) atoms. The molecular formula is C10H13ClN2O2S. The van der Waals surface area contributed by atoms with Crippen LogP contribution in [0.1, 0.15) is 12.8 Å². The van der Waals surface area contributed by atoms with Crippen LogP contribution in [0.5, 0.6) is 0 Å². The summed E-state index contributed by atoms with van der Waals surface area (Å²) in [6, 6.07) is 4.57. The van der Waals surface area contributed by atoms with Crippen LogP contribution in [-0.2, 0) is 10.0 Å². The van der Waals surface area contributed by atoms with Gasteiger partial charge in [0.25, 0.3) is 0 Å². The highest BCUT2D eigenvalue weighted by atomic mass is 35.5. The number of nitrogen functional groups attached to an aromatic ring is 1. The Hall–Kier alpha value is -0.780. The maximum absolute atomic E-state index is 12.1. The van der Waals surface area contributed by atoms with Gasteiger partial charge in [-0.3, -0.25) is 0 Å². The fourth-order valence-electron chi connectivity index (χ4n) is 1.52. The normalized spacial score (nSPS) is 16.7. The van der Waals surface area contributed by atoms with Gasteiger partial charge in [0.05, 0.1) is 5.02 Å². The summed E-state index contributed by atoms with van der Waals surface area (Å²) in [5.74, 6) is 0. The SMILES string of the molecule is CN(C1CC1)S(=O)(=O)c1ccc(N)cc1Cl. The molecule has 0 aromatic heterocycles. The van der Waals surface area contributed by atoms with E-state index in [-0.39, 0.29) is 16.0 Å². The summed E-state index contributed by atoms with van der Waals surface area (Å²) in [4.78, 5) is 0.123. The Morgan fingerprint density at radius 3 is 2.56 bits per heavy atom. The molecule has 0 aliphatic heterocycles. The lowest BCUT2D eigenvalue weighted by Gasteiger charge is -2.17. The first-order chi connectivity index (χ1) is 7.43. The second-order valence-corrected chi connectivity index (χ2v) is 6.32. The molecule has 88 valence electrons. The summed E-state index contributed by atoms with van der Waals surface area (Å²) in [6.07, 6.45) is 1.84. The molecule has 1 aromatic carbocycles. The number of rotatable bonds is 3. The lowest BCUT2D eigenvalue weighted by Crippen LogP contribution is -2.29. The van der Waals surface area contributed by atoms with Crippen molar-refractivity contribution in [1.82, 2.24) is 4.31 Å². The second-order valence-electron chi connectivity index (χ2n) is 3.94. The molecule has 4 nitrogen and oxygen atoms in total. The molecule has 6 heteroatoms. The van der Waals surface area contributed by atoms with Crippen LogP contribution >= 0.6 is 11.6 Å². The van der Waals surface area contributed by atoms with Gasteiger partial charge in [-0.2, -0.15) is 4.31 Å². The van der Waals surface area contributed by atoms with Gasteiger partial charge >= 0.3 is 0 Å². The van der Waals surface area contributed by atoms with E-state index < -0.39 is 10.0 Å². The molecule has 1 aliphatic carbocycles. The molecule has 2 N–H and O–H groups in total. The molecule has 1 aliphatic rings. The summed E-state index contributed by atoms with van der Waals surface area (Å²) in [6.45, 7) is 0. The predicted octanol–water partition coefficient (Wildman–Crippen LogP) is 1.71. The van der Waals surface area contributed by atoms with Crippen LogP contribution in [0.3, 0.4) is 0 Å². The molecule has 2 rings (SSSR count). The van der Waals surface area contributed by atoms with E-state index in [0.29, 0.717) is 5.69 Å². The van der Waals surface area contributed by atoms with Crippen molar-refractivity contribution in [2.75, 3.05) is 12.8 Å². The van der Waals surface area contributed by atoms with Crippen LogP contribution < -0.4 is 5.73 Å². The van der Waals surface area contributed by atoms with Gasteiger partial charge in [0, 0.05) is 18.8 Å². The highest BCUT2D eigenvalue weighted by Crippen LogP contribution is 2.33. The lowest BCUT2D eigenvalue weighted by atomic mass is 10.3. The topological polar surface area (TPSA) is 63.4 Å². The zero-order chi connectivity index (χ0) is 11.9. The minimum atomic E-state index is -3.48. The van der Waals surface area contributed by atoms with Gasteiger partial charge in [-0.15, -0.1) is 0 Å². The summed E-state index contributed by atoms with van der Waals surface area (Å²) in [5, 5.41) is 0.174. The molecule has 0 bridgehead atoms. The van der Waals surface area contributed by atoms with Gasteiger partial charge in [0.15, 0.2) is 0 Å². The Bertz CT molecular complexity index is 512. The third-order valence-corrected chi connectivity index (χ3v) is 5.07. The lowest BCUT2D eigenvalue weighted by molar-refractivity contribution is 0.464. The predicted molar refractivity (Wildman–Crippen MR) is 63.8 cm³/mol. The van der Waals surface area contributed by atoms with E-state index in [1.165, 1.54) is 16.4 Å². The fourth-order valence-corrected chi connectivity index (χ4v) is 3.46. The van der Waals surface area contributed by atoms with Crippen molar-refractivity contribution in [2.24, 2.45) is 0 Å². The van der Waals surface area contributed by atoms with E-state index in [0.717, 1.165) is 12.8 Å². The monoisotopic (exact) mass is 260 g/mol. The summed E-state index contributed by atoms with van der Waals surface area (Å²) in [7, 11) is -1.89. The summed E-state index contributed by atoms with van der Waals surface area (Å²) >= 11 is 5.90. The minimum absolute atomic E-state index is 0.123. The zero-order valence-electron chi connectivity index (χ0n) is 8.85. The first-order valence-electron chi connectivity index (χ1n) is 4.96. The molecule has 0 amide bonds. The van der Waals surface area contributed by atoms with Gasteiger partial charge in [-0.25, -0.2) is 8.42 Å². The van der Waals surface area contributed by atoms with Crippen molar-refractivity contribution < 1.29 is 8.42 Å². The molecule has 1 saturated carbocycles. The maximum Gasteiger partial charge on any atom is 0.244 e. The number of halogens is 1. The Kier molecular flexibility index (Phi) is 2.86. The van der Waals surface area contributed by atoms with Gasteiger partial charge < -0.3 is 5.73 Å². The van der Waals surface area contributed by atoms with E-state index in [9.17, 15) is 8.42 Å². The van der Waals surface area contributed by atoms with Crippen molar-refractivity contribution in [3.63, 3.8) is 0 Å². The van der Waals surface area contributed by atoms with Crippen LogP contribution in [-0.4, -0.2) is 25.8 Å². The quantitative estimate of drug-likeness (QED) is 0.842. The molecular weight excluding hydrogens is 248 g/mol. The van der Waals surface area contributed by atoms with Crippen LogP contribution in [0, 0.1) is 0 Å². The van der Waals surface area contributed by atoms with E-state index >= 15 is 0 Å². The Morgan fingerprint density at radius 2 is 2.06 bits per heavy atom. The van der Waals surface area contributed by atoms with Gasteiger partial charge in [0.1, 0.15) is 4.90 Å². The average molecular weight is 261 g/mol. The number of hydrogen-bond acceptors (Lipinski definition) is 3. The highest BCUT2D eigenvalue weighted by molar-refractivity contribution is 7.89. The fraction of sp³-hybridized carbons (Fsp3) is 0.400. The summed E-state index contributed by atoms with van der Waals surface area (Å²) in [5.41, 5.74) is 5.98. The van der Waals surface area contributed by atoms with Crippen molar-refractivity contribution in [2.45, 2.75) is 23.8 Å². The Labute approximate surface area is 100 Å². The Balaban J connectivity index is 2.42. The van der Waals surface area contributed by atoms with E-state index in [4.69, 9.17) is 17.3 Å². The number of anilines is 1. The van der Waals surface area contributed by atoms with E-state index in [2.05, 4.69) is 0 Å². The molecule has 0 saturated heterocycles. The van der Waals surface area contributed by atoms with Gasteiger partial charge in [-0.1, -0.05) is 11.6 Å². The number of nitrogens with two attached hydrogens (primary N) is 1. The largest absolute Gasteiger partial charge is 0.399 e. The molecule has 0 spiro atoms. The van der Waals surface area contributed by atoms with Gasteiger partial charge in [-0.05, 0) is 31.0 Å². The first kappa shape index (κ1) is 11.7. The summed E-state index contributed by atoms with van der Waals surface area (Å²) < 4.78 is 25.7. The molecule has 0 unspecified atom stereocenters.